The third-order valence-corrected chi connectivity index (χ3v) is 3.85. The molecule has 0 unspecified atom stereocenters. The molecular weight excluding hydrogens is 313 g/mol. The zero-order valence-corrected chi connectivity index (χ0v) is 12.8. The van der Waals surface area contributed by atoms with Gasteiger partial charge in [-0.1, -0.05) is 0 Å². The van der Waals surface area contributed by atoms with Gasteiger partial charge in [0.05, 0.1) is 5.92 Å². The van der Waals surface area contributed by atoms with Crippen molar-refractivity contribution in [3.8, 4) is 0 Å². The zero-order valence-electron chi connectivity index (χ0n) is 12.8. The Hall–Kier alpha value is -2.06. The minimum atomic E-state index is -4.42. The van der Waals surface area contributed by atoms with Crippen molar-refractivity contribution in [1.82, 2.24) is 20.0 Å². The van der Waals surface area contributed by atoms with E-state index >= 15 is 0 Å². The fourth-order valence-electron chi connectivity index (χ4n) is 2.73. The van der Waals surface area contributed by atoms with Crippen LogP contribution in [0.4, 0.5) is 13.2 Å². The van der Waals surface area contributed by atoms with Gasteiger partial charge in [-0.15, -0.1) is 0 Å². The van der Waals surface area contributed by atoms with Crippen LogP contribution in [0.1, 0.15) is 30.3 Å². The van der Waals surface area contributed by atoms with Crippen LogP contribution in [0.25, 0.3) is 0 Å². The van der Waals surface area contributed by atoms with Crippen LogP contribution in [-0.2, 0) is 4.79 Å². The lowest BCUT2D eigenvalue weighted by molar-refractivity contribution is -0.164. The molecule has 23 heavy (non-hydrogen) atoms. The lowest BCUT2D eigenvalue weighted by Gasteiger charge is -2.34. The first-order valence-corrected chi connectivity index (χ1v) is 7.46. The first-order chi connectivity index (χ1) is 10.8. The van der Waals surface area contributed by atoms with E-state index in [-0.39, 0.29) is 19.0 Å². The molecule has 6 nitrogen and oxygen atoms in total. The fourth-order valence-corrected chi connectivity index (χ4v) is 2.73. The van der Waals surface area contributed by atoms with Crippen molar-refractivity contribution in [3.63, 3.8) is 0 Å². The summed E-state index contributed by atoms with van der Waals surface area (Å²) in [5, 5.41) is 6.26. The lowest BCUT2D eigenvalue weighted by atomic mass is 9.96. The summed E-state index contributed by atoms with van der Waals surface area (Å²) in [4.78, 5) is 26.9. The van der Waals surface area contributed by atoms with Crippen molar-refractivity contribution >= 4 is 11.8 Å². The summed E-state index contributed by atoms with van der Waals surface area (Å²) in [6.45, 7) is 0.856. The van der Waals surface area contributed by atoms with Crippen LogP contribution >= 0.6 is 0 Å². The van der Waals surface area contributed by atoms with Crippen molar-refractivity contribution in [2.45, 2.75) is 25.9 Å². The highest BCUT2D eigenvalue weighted by Crippen LogP contribution is 2.23. The molecule has 1 fully saturated rings. The molecule has 2 amide bonds. The first kappa shape index (κ1) is 17.3. The Labute approximate surface area is 131 Å². The summed E-state index contributed by atoms with van der Waals surface area (Å²) < 4.78 is 37.6. The van der Waals surface area contributed by atoms with Gasteiger partial charge in [0.25, 0.3) is 5.91 Å². The van der Waals surface area contributed by atoms with E-state index in [1.807, 2.05) is 0 Å². The highest BCUT2D eigenvalue weighted by molar-refractivity contribution is 5.92. The second-order valence-electron chi connectivity index (χ2n) is 5.53. The summed E-state index contributed by atoms with van der Waals surface area (Å²) in [6.07, 6.45) is -1.91. The van der Waals surface area contributed by atoms with Crippen LogP contribution in [0.3, 0.4) is 0 Å². The normalized spacial score (nSPS) is 18.8. The van der Waals surface area contributed by atoms with Gasteiger partial charge < -0.3 is 9.80 Å². The van der Waals surface area contributed by atoms with E-state index in [4.69, 9.17) is 0 Å². The minimum absolute atomic E-state index is 0.0106. The Balaban J connectivity index is 2.02. The second kappa shape index (κ2) is 7.01. The van der Waals surface area contributed by atoms with Crippen LogP contribution in [-0.4, -0.2) is 64.2 Å². The number of aromatic amines is 1. The van der Waals surface area contributed by atoms with Crippen molar-refractivity contribution < 1.29 is 22.8 Å². The number of halogens is 3. The smallest absolute Gasteiger partial charge is 0.337 e. The summed E-state index contributed by atoms with van der Waals surface area (Å²) in [5.74, 6) is -1.44. The molecule has 0 aromatic carbocycles. The number of rotatable bonds is 4. The van der Waals surface area contributed by atoms with Gasteiger partial charge in [0.2, 0.25) is 5.91 Å². The zero-order chi connectivity index (χ0) is 17.0. The van der Waals surface area contributed by atoms with Crippen LogP contribution in [0.15, 0.2) is 12.3 Å². The fraction of sp³-hybridized carbons (Fsp3) is 0.643. The molecule has 1 aromatic rings. The summed E-state index contributed by atoms with van der Waals surface area (Å²) in [5.41, 5.74) is 0.306. The number of H-pyrrole nitrogens is 1. The topological polar surface area (TPSA) is 69.3 Å². The highest BCUT2D eigenvalue weighted by atomic mass is 19.4. The number of hydrogen-bond acceptors (Lipinski definition) is 3. The number of likely N-dealkylation sites (tertiary alicyclic amines) is 1. The third-order valence-electron chi connectivity index (χ3n) is 3.85. The molecule has 0 radical (unpaired) electrons. The van der Waals surface area contributed by atoms with E-state index in [0.29, 0.717) is 25.1 Å². The monoisotopic (exact) mass is 332 g/mol. The Kier molecular flexibility index (Phi) is 5.27. The van der Waals surface area contributed by atoms with E-state index in [9.17, 15) is 22.8 Å². The highest BCUT2D eigenvalue weighted by Gasteiger charge is 2.36. The number of piperidine rings is 1. The average molecular weight is 332 g/mol. The van der Waals surface area contributed by atoms with E-state index in [1.54, 1.807) is 0 Å². The number of nitrogens with one attached hydrogen (secondary N) is 1. The quantitative estimate of drug-likeness (QED) is 0.912. The summed E-state index contributed by atoms with van der Waals surface area (Å²) in [6, 6.07) is 1.52. The van der Waals surface area contributed by atoms with Gasteiger partial charge in [-0.25, -0.2) is 0 Å². The number of carbonyl (C=O) groups is 2. The number of hydrogen-bond donors (Lipinski definition) is 1. The number of alkyl halides is 3. The molecule has 1 aliphatic rings. The van der Waals surface area contributed by atoms with Crippen LogP contribution in [0.2, 0.25) is 0 Å². The van der Waals surface area contributed by atoms with Crippen molar-refractivity contribution in [3.05, 3.63) is 18.0 Å². The molecule has 1 aromatic heterocycles. The molecule has 0 aliphatic carbocycles. The summed E-state index contributed by atoms with van der Waals surface area (Å²) >= 11 is 0. The predicted octanol–water partition coefficient (Wildman–Crippen LogP) is 1.67. The molecular formula is C14H19F3N4O2. The molecule has 2 rings (SSSR count). The number of nitrogens with zero attached hydrogens (tertiary/aromatic N) is 3. The molecule has 1 N–H and O–H groups in total. The minimum Gasteiger partial charge on any atom is -0.337 e. The van der Waals surface area contributed by atoms with E-state index in [2.05, 4.69) is 10.2 Å². The van der Waals surface area contributed by atoms with Crippen molar-refractivity contribution in [2.24, 2.45) is 5.92 Å². The predicted molar refractivity (Wildman–Crippen MR) is 75.5 cm³/mol. The van der Waals surface area contributed by atoms with Gasteiger partial charge >= 0.3 is 6.18 Å². The van der Waals surface area contributed by atoms with Gasteiger partial charge in [0.1, 0.15) is 12.2 Å². The number of aromatic nitrogens is 2. The second-order valence-corrected chi connectivity index (χ2v) is 5.53. The molecule has 1 saturated heterocycles. The van der Waals surface area contributed by atoms with Gasteiger partial charge in [-0.2, -0.15) is 18.3 Å². The Morgan fingerprint density at radius 2 is 2.22 bits per heavy atom. The van der Waals surface area contributed by atoms with Crippen LogP contribution in [0.5, 0.6) is 0 Å². The van der Waals surface area contributed by atoms with Crippen molar-refractivity contribution in [1.29, 1.82) is 0 Å². The third kappa shape index (κ3) is 4.46. The first-order valence-electron chi connectivity index (χ1n) is 7.46. The number of amides is 2. The molecule has 0 bridgehead atoms. The number of carbonyl (C=O) groups excluding carboxylic acids is 2. The van der Waals surface area contributed by atoms with Gasteiger partial charge in [-0.3, -0.25) is 14.7 Å². The average Bonchev–Trinajstić information content (AvgIpc) is 3.05. The molecule has 2 heterocycles. The maximum absolute atomic E-state index is 12.5. The maximum Gasteiger partial charge on any atom is 0.406 e. The molecule has 1 aliphatic heterocycles. The SMILES string of the molecule is CCN(CC(F)(F)F)C(=O)[C@H]1CCCN(C(=O)c2ccn[nH]2)C1. The Bertz CT molecular complexity index is 545. The molecule has 0 saturated carbocycles. The van der Waals surface area contributed by atoms with E-state index < -0.39 is 24.5 Å². The van der Waals surface area contributed by atoms with Crippen LogP contribution < -0.4 is 0 Å². The van der Waals surface area contributed by atoms with Gasteiger partial charge in [0.15, 0.2) is 0 Å². The molecule has 128 valence electrons. The van der Waals surface area contributed by atoms with Gasteiger partial charge in [0, 0.05) is 25.8 Å². The Morgan fingerprint density at radius 3 is 2.78 bits per heavy atom. The van der Waals surface area contributed by atoms with Crippen molar-refractivity contribution in [2.75, 3.05) is 26.2 Å². The maximum atomic E-state index is 12.5. The van der Waals surface area contributed by atoms with Crippen LogP contribution in [0, 0.1) is 5.92 Å². The molecule has 1 atom stereocenters. The lowest BCUT2D eigenvalue weighted by Crippen LogP contribution is -2.48. The molecule has 9 heteroatoms. The Morgan fingerprint density at radius 1 is 1.48 bits per heavy atom. The summed E-state index contributed by atoms with van der Waals surface area (Å²) in [7, 11) is 0. The largest absolute Gasteiger partial charge is 0.406 e. The van der Waals surface area contributed by atoms with E-state index in [0.717, 1.165) is 4.90 Å². The molecule has 0 spiro atoms. The standard InChI is InChI=1S/C14H19F3N4O2/c1-2-20(9-14(15,16)17)12(22)10-4-3-7-21(8-10)13(23)11-5-6-18-19-11/h5-6,10H,2-4,7-9H2,1H3,(H,18,19)/t10-/m0/s1. The van der Waals surface area contributed by atoms with E-state index in [1.165, 1.54) is 24.1 Å². The van der Waals surface area contributed by atoms with Gasteiger partial charge in [-0.05, 0) is 25.8 Å².